The molecule has 0 unspecified atom stereocenters. The minimum atomic E-state index is 0.234. The molecule has 0 aliphatic heterocycles. The quantitative estimate of drug-likeness (QED) is 0.589. The number of hydrogen-bond acceptors (Lipinski definition) is 2. The monoisotopic (exact) mass is 371 g/mol. The van der Waals surface area contributed by atoms with Gasteiger partial charge in [-0.05, 0) is 73.4 Å². The molecule has 0 radical (unpaired) electrons. The lowest BCUT2D eigenvalue weighted by Gasteiger charge is -2.33. The maximum Gasteiger partial charge on any atom is 0.176 e. The number of halogens is 1. The second-order valence-corrected chi connectivity index (χ2v) is 7.00. The normalized spacial score (nSPS) is 23.6. The standard InChI is InChI=1S/C16H22INO/c1-12-3-9-15(10-4-12)18(2)11-16(19)13-5-7-14(17)8-6-13/h5-8,12,15H,3-4,9-11H2,1-2H3. The molecule has 0 amide bonds. The molecular weight excluding hydrogens is 349 g/mol. The summed E-state index contributed by atoms with van der Waals surface area (Å²) in [6, 6.07) is 8.44. The zero-order chi connectivity index (χ0) is 13.8. The Labute approximate surface area is 129 Å². The van der Waals surface area contributed by atoms with Crippen molar-refractivity contribution in [3.63, 3.8) is 0 Å². The van der Waals surface area contributed by atoms with E-state index in [1.54, 1.807) is 0 Å². The zero-order valence-corrected chi connectivity index (χ0v) is 13.9. The summed E-state index contributed by atoms with van der Waals surface area (Å²) < 4.78 is 1.17. The number of benzene rings is 1. The topological polar surface area (TPSA) is 20.3 Å². The first-order valence-corrected chi connectivity index (χ1v) is 8.13. The van der Waals surface area contributed by atoms with Crippen molar-refractivity contribution < 1.29 is 4.79 Å². The van der Waals surface area contributed by atoms with Crippen molar-refractivity contribution in [2.24, 2.45) is 5.92 Å². The summed E-state index contributed by atoms with van der Waals surface area (Å²) in [5.41, 5.74) is 0.830. The Morgan fingerprint density at radius 2 is 1.79 bits per heavy atom. The first kappa shape index (κ1) is 15.0. The molecule has 104 valence electrons. The van der Waals surface area contributed by atoms with E-state index < -0.39 is 0 Å². The Balaban J connectivity index is 1.89. The van der Waals surface area contributed by atoms with Crippen molar-refractivity contribution in [2.75, 3.05) is 13.6 Å². The van der Waals surface area contributed by atoms with Crippen molar-refractivity contribution in [1.29, 1.82) is 0 Å². The fourth-order valence-electron chi connectivity index (χ4n) is 2.77. The summed E-state index contributed by atoms with van der Waals surface area (Å²) in [5.74, 6) is 1.09. The fraction of sp³-hybridized carbons (Fsp3) is 0.562. The fourth-order valence-corrected chi connectivity index (χ4v) is 3.13. The highest BCUT2D eigenvalue weighted by atomic mass is 127. The van der Waals surface area contributed by atoms with Crippen LogP contribution in [0.5, 0.6) is 0 Å². The minimum Gasteiger partial charge on any atom is -0.296 e. The van der Waals surface area contributed by atoms with Crippen LogP contribution < -0.4 is 0 Å². The van der Waals surface area contributed by atoms with E-state index in [-0.39, 0.29) is 5.78 Å². The molecule has 0 aromatic heterocycles. The van der Waals surface area contributed by atoms with Gasteiger partial charge in [0.2, 0.25) is 0 Å². The van der Waals surface area contributed by atoms with Gasteiger partial charge >= 0.3 is 0 Å². The molecule has 0 bridgehead atoms. The van der Waals surface area contributed by atoms with Crippen LogP contribution in [0.15, 0.2) is 24.3 Å². The summed E-state index contributed by atoms with van der Waals surface area (Å²) in [5, 5.41) is 0. The van der Waals surface area contributed by atoms with Crippen molar-refractivity contribution >= 4 is 28.4 Å². The largest absolute Gasteiger partial charge is 0.296 e. The minimum absolute atomic E-state index is 0.234. The lowest BCUT2D eigenvalue weighted by molar-refractivity contribution is 0.0889. The van der Waals surface area contributed by atoms with Gasteiger partial charge in [-0.25, -0.2) is 0 Å². The van der Waals surface area contributed by atoms with Gasteiger partial charge in [-0.1, -0.05) is 19.1 Å². The molecule has 1 fully saturated rings. The van der Waals surface area contributed by atoms with Crippen LogP contribution in [0.2, 0.25) is 0 Å². The Morgan fingerprint density at radius 3 is 2.37 bits per heavy atom. The number of carbonyl (C=O) groups is 1. The van der Waals surface area contributed by atoms with E-state index in [1.807, 2.05) is 24.3 Å². The molecule has 3 heteroatoms. The predicted molar refractivity (Wildman–Crippen MR) is 87.5 cm³/mol. The van der Waals surface area contributed by atoms with Gasteiger partial charge < -0.3 is 0 Å². The molecule has 0 saturated heterocycles. The second-order valence-electron chi connectivity index (χ2n) is 5.76. The SMILES string of the molecule is CC1CCC(N(C)CC(=O)c2ccc(I)cc2)CC1. The van der Waals surface area contributed by atoms with E-state index in [0.717, 1.165) is 11.5 Å². The number of carbonyl (C=O) groups excluding carboxylic acids is 1. The first-order chi connectivity index (χ1) is 9.06. The molecule has 2 nitrogen and oxygen atoms in total. The van der Waals surface area contributed by atoms with E-state index in [4.69, 9.17) is 0 Å². The molecule has 1 saturated carbocycles. The lowest BCUT2D eigenvalue weighted by Crippen LogP contribution is -2.38. The van der Waals surface area contributed by atoms with E-state index in [9.17, 15) is 4.79 Å². The maximum atomic E-state index is 12.2. The van der Waals surface area contributed by atoms with Gasteiger partial charge in [-0.15, -0.1) is 0 Å². The van der Waals surface area contributed by atoms with Crippen LogP contribution in [0.3, 0.4) is 0 Å². The highest BCUT2D eigenvalue weighted by molar-refractivity contribution is 14.1. The third-order valence-corrected chi connectivity index (χ3v) is 4.89. The van der Waals surface area contributed by atoms with Gasteiger partial charge in [0.25, 0.3) is 0 Å². The molecule has 2 rings (SSSR count). The highest BCUT2D eigenvalue weighted by Crippen LogP contribution is 2.26. The smallest absolute Gasteiger partial charge is 0.176 e. The number of ketones is 1. The predicted octanol–water partition coefficient (Wildman–Crippen LogP) is 3.98. The van der Waals surface area contributed by atoms with Crippen LogP contribution in [0.4, 0.5) is 0 Å². The Bertz CT molecular complexity index is 421. The number of Topliss-reactive ketones (excluding diaryl/α,β-unsaturated/α-hetero) is 1. The Kier molecular flexibility index (Phi) is 5.39. The van der Waals surface area contributed by atoms with Crippen molar-refractivity contribution in [2.45, 2.75) is 38.6 Å². The van der Waals surface area contributed by atoms with Crippen LogP contribution >= 0.6 is 22.6 Å². The molecule has 1 aliphatic carbocycles. The first-order valence-electron chi connectivity index (χ1n) is 7.05. The van der Waals surface area contributed by atoms with Crippen LogP contribution in [0.1, 0.15) is 43.0 Å². The Hall–Kier alpha value is -0.420. The van der Waals surface area contributed by atoms with Gasteiger partial charge in [0.1, 0.15) is 0 Å². The van der Waals surface area contributed by atoms with E-state index >= 15 is 0 Å². The lowest BCUT2D eigenvalue weighted by atomic mass is 9.86. The number of rotatable bonds is 4. The summed E-state index contributed by atoms with van der Waals surface area (Å²) in [6.45, 7) is 2.87. The molecule has 1 aromatic carbocycles. The van der Waals surface area contributed by atoms with Gasteiger partial charge in [0.15, 0.2) is 5.78 Å². The van der Waals surface area contributed by atoms with E-state index in [1.165, 1.54) is 29.3 Å². The molecular formula is C16H22INO. The third-order valence-electron chi connectivity index (χ3n) is 4.17. The number of likely N-dealkylation sites (N-methyl/N-ethyl adjacent to an activating group) is 1. The molecule has 0 N–H and O–H groups in total. The van der Waals surface area contributed by atoms with E-state index in [0.29, 0.717) is 12.6 Å². The van der Waals surface area contributed by atoms with Crippen molar-refractivity contribution in [3.05, 3.63) is 33.4 Å². The van der Waals surface area contributed by atoms with E-state index in [2.05, 4.69) is 41.5 Å². The van der Waals surface area contributed by atoms with Crippen LogP contribution in [0, 0.1) is 9.49 Å². The third kappa shape index (κ3) is 4.28. The van der Waals surface area contributed by atoms with Crippen molar-refractivity contribution in [1.82, 2.24) is 4.90 Å². The zero-order valence-electron chi connectivity index (χ0n) is 11.7. The van der Waals surface area contributed by atoms with Crippen molar-refractivity contribution in [3.8, 4) is 0 Å². The molecule has 1 aliphatic rings. The van der Waals surface area contributed by atoms with Gasteiger partial charge in [-0.3, -0.25) is 9.69 Å². The van der Waals surface area contributed by atoms with Gasteiger partial charge in [0, 0.05) is 15.2 Å². The van der Waals surface area contributed by atoms with Gasteiger partial charge in [-0.2, -0.15) is 0 Å². The Morgan fingerprint density at radius 1 is 1.21 bits per heavy atom. The summed E-state index contributed by atoms with van der Waals surface area (Å²) in [7, 11) is 2.09. The highest BCUT2D eigenvalue weighted by Gasteiger charge is 2.23. The molecule has 19 heavy (non-hydrogen) atoms. The summed E-state index contributed by atoms with van der Waals surface area (Å²) >= 11 is 2.26. The van der Waals surface area contributed by atoms with Crippen LogP contribution in [-0.4, -0.2) is 30.3 Å². The second kappa shape index (κ2) is 6.84. The molecule has 0 spiro atoms. The average Bonchev–Trinajstić information content (AvgIpc) is 2.40. The molecule has 1 aromatic rings. The maximum absolute atomic E-state index is 12.2. The average molecular weight is 371 g/mol. The summed E-state index contributed by atoms with van der Waals surface area (Å²) in [4.78, 5) is 14.5. The van der Waals surface area contributed by atoms with Crippen LogP contribution in [-0.2, 0) is 0 Å². The summed E-state index contributed by atoms with van der Waals surface area (Å²) in [6.07, 6.45) is 5.06. The van der Waals surface area contributed by atoms with Gasteiger partial charge in [0.05, 0.1) is 6.54 Å². The molecule has 0 atom stereocenters. The number of nitrogens with zero attached hydrogens (tertiary/aromatic N) is 1. The molecule has 0 heterocycles. The number of hydrogen-bond donors (Lipinski definition) is 0. The van der Waals surface area contributed by atoms with Crippen LogP contribution in [0.25, 0.3) is 0 Å².